The molecular weight excluding hydrogens is 377 g/mol. The van der Waals surface area contributed by atoms with Gasteiger partial charge in [-0.25, -0.2) is 13.1 Å². The lowest BCUT2D eigenvalue weighted by atomic mass is 10.2. The minimum atomic E-state index is -3.64. The highest BCUT2D eigenvalue weighted by Crippen LogP contribution is 2.29. The molecule has 0 radical (unpaired) electrons. The normalized spacial score (nSPS) is 11.2. The van der Waals surface area contributed by atoms with E-state index < -0.39 is 21.8 Å². The highest BCUT2D eigenvalue weighted by atomic mass is 35.5. The van der Waals surface area contributed by atoms with Gasteiger partial charge in [-0.1, -0.05) is 23.2 Å². The first kappa shape index (κ1) is 18.3. The van der Waals surface area contributed by atoms with Crippen LogP contribution in [-0.2, 0) is 10.0 Å². The molecule has 0 atom stereocenters. The standard InChI is InChI=1S/C14H13Cl2N3O4S/c1-7-10(15)11(16)12(17-7)14(21)18-9-5-3-8(4-6-9)13(20)19-24(2,22)23/h3-6,17H,1-2H3,(H,18,21)(H,19,20). The fraction of sp³-hybridized carbons (Fsp3) is 0.143. The largest absolute Gasteiger partial charge is 0.352 e. The Kier molecular flexibility index (Phi) is 5.22. The second-order valence-electron chi connectivity index (χ2n) is 4.99. The molecule has 128 valence electrons. The van der Waals surface area contributed by atoms with Gasteiger partial charge in [-0.15, -0.1) is 0 Å². The third-order valence-electron chi connectivity index (χ3n) is 2.96. The summed E-state index contributed by atoms with van der Waals surface area (Å²) in [7, 11) is -3.64. The molecule has 0 saturated carbocycles. The summed E-state index contributed by atoms with van der Waals surface area (Å²) in [6, 6.07) is 5.68. The molecule has 0 bridgehead atoms. The van der Waals surface area contributed by atoms with E-state index in [0.717, 1.165) is 6.26 Å². The fourth-order valence-corrected chi connectivity index (χ4v) is 2.73. The molecule has 0 spiro atoms. The third-order valence-corrected chi connectivity index (χ3v) is 4.47. The van der Waals surface area contributed by atoms with E-state index in [0.29, 0.717) is 11.4 Å². The zero-order chi connectivity index (χ0) is 18.1. The van der Waals surface area contributed by atoms with Crippen molar-refractivity contribution in [1.82, 2.24) is 9.71 Å². The molecule has 2 rings (SSSR count). The highest BCUT2D eigenvalue weighted by molar-refractivity contribution is 7.89. The predicted octanol–water partition coefficient (Wildman–Crippen LogP) is 2.57. The van der Waals surface area contributed by atoms with E-state index in [-0.39, 0.29) is 21.3 Å². The van der Waals surface area contributed by atoms with Gasteiger partial charge in [0.05, 0.1) is 16.3 Å². The Morgan fingerprint density at radius 3 is 2.08 bits per heavy atom. The smallest absolute Gasteiger partial charge is 0.273 e. The van der Waals surface area contributed by atoms with E-state index in [1.807, 2.05) is 4.72 Å². The first-order valence-corrected chi connectivity index (χ1v) is 9.20. The molecule has 10 heteroatoms. The predicted molar refractivity (Wildman–Crippen MR) is 92.3 cm³/mol. The number of nitrogens with one attached hydrogen (secondary N) is 3. The van der Waals surface area contributed by atoms with Gasteiger partial charge in [-0.3, -0.25) is 9.59 Å². The van der Waals surface area contributed by atoms with Gasteiger partial charge in [0, 0.05) is 16.9 Å². The van der Waals surface area contributed by atoms with Crippen molar-refractivity contribution in [2.75, 3.05) is 11.6 Å². The minimum Gasteiger partial charge on any atom is -0.352 e. The van der Waals surface area contributed by atoms with Crippen molar-refractivity contribution in [2.45, 2.75) is 6.92 Å². The Morgan fingerprint density at radius 2 is 1.62 bits per heavy atom. The summed E-state index contributed by atoms with van der Waals surface area (Å²) in [5, 5.41) is 2.98. The Morgan fingerprint density at radius 1 is 1.04 bits per heavy atom. The van der Waals surface area contributed by atoms with Crippen LogP contribution in [0.15, 0.2) is 24.3 Å². The quantitative estimate of drug-likeness (QED) is 0.746. The Hall–Kier alpha value is -2.03. The number of aromatic amines is 1. The molecule has 0 fully saturated rings. The summed E-state index contributed by atoms with van der Waals surface area (Å²) in [6.45, 7) is 1.68. The summed E-state index contributed by atoms with van der Waals surface area (Å²) in [5.74, 6) is -1.26. The third kappa shape index (κ3) is 4.28. The van der Waals surface area contributed by atoms with Crippen molar-refractivity contribution in [2.24, 2.45) is 0 Å². The van der Waals surface area contributed by atoms with Crippen LogP contribution in [0.2, 0.25) is 10.0 Å². The van der Waals surface area contributed by atoms with Crippen molar-refractivity contribution in [3.8, 4) is 0 Å². The lowest BCUT2D eigenvalue weighted by Gasteiger charge is -2.06. The number of aromatic nitrogens is 1. The maximum absolute atomic E-state index is 12.2. The van der Waals surface area contributed by atoms with E-state index in [9.17, 15) is 18.0 Å². The molecule has 2 aromatic rings. The molecule has 7 nitrogen and oxygen atoms in total. The molecule has 2 amide bonds. The summed E-state index contributed by atoms with van der Waals surface area (Å²) in [6.07, 6.45) is 0.882. The van der Waals surface area contributed by atoms with E-state index in [1.165, 1.54) is 24.3 Å². The molecule has 1 aromatic heterocycles. The number of sulfonamides is 1. The van der Waals surface area contributed by atoms with Gasteiger partial charge in [0.25, 0.3) is 11.8 Å². The van der Waals surface area contributed by atoms with Crippen LogP contribution in [0.25, 0.3) is 0 Å². The van der Waals surface area contributed by atoms with Crippen molar-refractivity contribution >= 4 is 50.7 Å². The van der Waals surface area contributed by atoms with Crippen LogP contribution in [0, 0.1) is 6.92 Å². The minimum absolute atomic E-state index is 0.121. The number of carbonyl (C=O) groups excluding carboxylic acids is 2. The summed E-state index contributed by atoms with van der Waals surface area (Å²) < 4.78 is 23.9. The van der Waals surface area contributed by atoms with Crippen LogP contribution in [-0.4, -0.2) is 31.5 Å². The number of hydrogen-bond donors (Lipinski definition) is 3. The van der Waals surface area contributed by atoms with Crippen LogP contribution < -0.4 is 10.0 Å². The molecule has 0 aliphatic carbocycles. The van der Waals surface area contributed by atoms with Gasteiger partial charge in [0.2, 0.25) is 10.0 Å². The molecular formula is C14H13Cl2N3O4S. The fourth-order valence-electron chi connectivity index (χ4n) is 1.85. The van der Waals surface area contributed by atoms with Gasteiger partial charge in [-0.05, 0) is 31.2 Å². The summed E-state index contributed by atoms with van der Waals surface area (Å²) in [5.41, 5.74) is 1.23. The number of amides is 2. The molecule has 1 aromatic carbocycles. The van der Waals surface area contributed by atoms with Gasteiger partial charge in [0.15, 0.2) is 0 Å². The average Bonchev–Trinajstić information content (AvgIpc) is 2.74. The number of hydrogen-bond acceptors (Lipinski definition) is 4. The van der Waals surface area contributed by atoms with Gasteiger partial charge >= 0.3 is 0 Å². The highest BCUT2D eigenvalue weighted by Gasteiger charge is 2.18. The number of rotatable bonds is 4. The lowest BCUT2D eigenvalue weighted by Crippen LogP contribution is -2.29. The summed E-state index contributed by atoms with van der Waals surface area (Å²) >= 11 is 11.9. The Balaban J connectivity index is 2.13. The molecule has 1 heterocycles. The SMILES string of the molecule is Cc1[nH]c(C(=O)Nc2ccc(C(=O)NS(C)(=O)=O)cc2)c(Cl)c1Cl. The van der Waals surface area contributed by atoms with Crippen molar-refractivity contribution < 1.29 is 18.0 Å². The maximum atomic E-state index is 12.2. The first-order chi connectivity index (χ1) is 11.1. The number of H-pyrrole nitrogens is 1. The number of benzene rings is 1. The Bertz CT molecular complexity index is 905. The summed E-state index contributed by atoms with van der Waals surface area (Å²) in [4.78, 5) is 26.6. The molecule has 3 N–H and O–H groups in total. The van der Waals surface area contributed by atoms with Crippen molar-refractivity contribution in [1.29, 1.82) is 0 Å². The average molecular weight is 390 g/mol. The number of anilines is 1. The number of halogens is 2. The second kappa shape index (κ2) is 6.84. The van der Waals surface area contributed by atoms with E-state index in [1.54, 1.807) is 6.92 Å². The van der Waals surface area contributed by atoms with E-state index >= 15 is 0 Å². The zero-order valence-corrected chi connectivity index (χ0v) is 14.9. The number of carbonyl (C=O) groups is 2. The van der Waals surface area contributed by atoms with Gasteiger partial charge in [-0.2, -0.15) is 0 Å². The first-order valence-electron chi connectivity index (χ1n) is 6.55. The van der Waals surface area contributed by atoms with E-state index in [2.05, 4.69) is 10.3 Å². The van der Waals surface area contributed by atoms with Gasteiger partial charge < -0.3 is 10.3 Å². The van der Waals surface area contributed by atoms with Crippen LogP contribution in [0.1, 0.15) is 26.5 Å². The zero-order valence-electron chi connectivity index (χ0n) is 12.6. The molecule has 0 unspecified atom stereocenters. The molecule has 0 saturated heterocycles. The second-order valence-corrected chi connectivity index (χ2v) is 7.49. The topological polar surface area (TPSA) is 108 Å². The number of aryl methyl sites for hydroxylation is 1. The van der Waals surface area contributed by atoms with Crippen LogP contribution in [0.4, 0.5) is 5.69 Å². The van der Waals surface area contributed by atoms with Crippen molar-refractivity contribution in [3.05, 3.63) is 51.3 Å². The van der Waals surface area contributed by atoms with Crippen molar-refractivity contribution in [3.63, 3.8) is 0 Å². The molecule has 0 aliphatic rings. The lowest BCUT2D eigenvalue weighted by molar-refractivity contribution is 0.0980. The molecule has 0 aliphatic heterocycles. The Labute approximate surface area is 148 Å². The monoisotopic (exact) mass is 389 g/mol. The van der Waals surface area contributed by atoms with E-state index in [4.69, 9.17) is 23.2 Å². The maximum Gasteiger partial charge on any atom is 0.273 e. The van der Waals surface area contributed by atoms with Gasteiger partial charge in [0.1, 0.15) is 5.69 Å². The molecule has 24 heavy (non-hydrogen) atoms. The van der Waals surface area contributed by atoms with Crippen LogP contribution >= 0.6 is 23.2 Å². The van der Waals surface area contributed by atoms with Crippen LogP contribution in [0.5, 0.6) is 0 Å². The van der Waals surface area contributed by atoms with Crippen LogP contribution in [0.3, 0.4) is 0 Å².